The van der Waals surface area contributed by atoms with Crippen LogP contribution in [0.25, 0.3) is 0 Å². The summed E-state index contributed by atoms with van der Waals surface area (Å²) in [4.78, 5) is 28.1. The van der Waals surface area contributed by atoms with Crippen LogP contribution in [0.2, 0.25) is 10.0 Å². The average molecular weight is 664 g/mol. The Morgan fingerprint density at radius 3 is 2.34 bits per heavy atom. The number of hydrogen-bond donors (Lipinski definition) is 1. The molecule has 4 atom stereocenters. The number of halogens is 3. The van der Waals surface area contributed by atoms with Crippen molar-refractivity contribution in [3.05, 3.63) is 99.8 Å². The van der Waals surface area contributed by atoms with Gasteiger partial charge in [0.15, 0.2) is 5.60 Å². The van der Waals surface area contributed by atoms with E-state index in [9.17, 15) is 23.1 Å². The number of sulfonamides is 1. The van der Waals surface area contributed by atoms with Crippen LogP contribution in [0.4, 0.5) is 10.1 Å². The maximum Gasteiger partial charge on any atom is 0.306 e. The van der Waals surface area contributed by atoms with E-state index in [1.807, 2.05) is 0 Å². The number of carbonyl (C=O) groups excluding carboxylic acids is 1. The van der Waals surface area contributed by atoms with Crippen molar-refractivity contribution in [1.29, 1.82) is 0 Å². The maximum absolute atomic E-state index is 15.2. The van der Waals surface area contributed by atoms with Gasteiger partial charge in [-0.1, -0.05) is 66.5 Å². The molecule has 12 heteroatoms. The zero-order valence-electron chi connectivity index (χ0n) is 24.2. The molecule has 2 fully saturated rings. The van der Waals surface area contributed by atoms with E-state index in [4.69, 9.17) is 27.9 Å². The van der Waals surface area contributed by atoms with E-state index in [0.717, 1.165) is 4.31 Å². The second-order valence-corrected chi connectivity index (χ2v) is 14.4. The Kier molecular flexibility index (Phi) is 9.28. The number of nitrogens with zero attached hydrogens (tertiary/aromatic N) is 2. The van der Waals surface area contributed by atoms with E-state index >= 15 is 4.39 Å². The fourth-order valence-electron chi connectivity index (χ4n) is 5.81. The van der Waals surface area contributed by atoms with Gasteiger partial charge in [-0.25, -0.2) is 12.8 Å². The standard InChI is InChI=1S/C32H33Cl2FN2O6S/c1-3-24(19-36(44(41,42)25-15-16-25)27-10-5-4-9-26(27)35)37-29(20-11-13-22(33)14-12-20)30(21-7-6-8-23(34)17-21)43-32(2,31(37)40)18-28(38)39/h4-14,17,24-25,29-30H,3,15-16,18-19H2,1-2H3,(H,38,39)/t24?,29-,30-,32+/m1/s1. The Morgan fingerprint density at radius 2 is 1.75 bits per heavy atom. The van der Waals surface area contributed by atoms with Gasteiger partial charge in [0.05, 0.1) is 36.0 Å². The second-order valence-electron chi connectivity index (χ2n) is 11.4. The van der Waals surface area contributed by atoms with Crippen molar-refractivity contribution >= 4 is 50.8 Å². The van der Waals surface area contributed by atoms with Crippen LogP contribution in [0.15, 0.2) is 72.8 Å². The van der Waals surface area contributed by atoms with Crippen LogP contribution in [0.3, 0.4) is 0 Å². The van der Waals surface area contributed by atoms with Gasteiger partial charge in [-0.15, -0.1) is 0 Å². The number of para-hydroxylation sites is 1. The average Bonchev–Trinajstić information content (AvgIpc) is 3.83. The molecule has 0 bridgehead atoms. The van der Waals surface area contributed by atoms with E-state index in [2.05, 4.69) is 0 Å². The van der Waals surface area contributed by atoms with Crippen molar-refractivity contribution in [3.8, 4) is 0 Å². The lowest BCUT2D eigenvalue weighted by atomic mass is 9.85. The van der Waals surface area contributed by atoms with Gasteiger partial charge in [-0.3, -0.25) is 13.9 Å². The highest BCUT2D eigenvalue weighted by atomic mass is 35.5. The molecule has 0 radical (unpaired) electrons. The molecule has 1 heterocycles. The minimum atomic E-state index is -3.98. The van der Waals surface area contributed by atoms with Crippen molar-refractivity contribution in [1.82, 2.24) is 4.90 Å². The molecule has 1 amide bonds. The number of aliphatic carboxylic acids is 1. The summed E-state index contributed by atoms with van der Waals surface area (Å²) in [5.74, 6) is -2.57. The van der Waals surface area contributed by atoms with Crippen LogP contribution in [0.1, 0.15) is 62.8 Å². The molecule has 3 aromatic carbocycles. The van der Waals surface area contributed by atoms with Gasteiger partial charge in [0.2, 0.25) is 10.0 Å². The number of carboxylic acids is 1. The van der Waals surface area contributed by atoms with Gasteiger partial charge >= 0.3 is 5.97 Å². The third kappa shape index (κ3) is 6.44. The molecule has 234 valence electrons. The third-order valence-corrected chi connectivity index (χ3v) is 10.9. The molecular weight excluding hydrogens is 630 g/mol. The van der Waals surface area contributed by atoms with Crippen LogP contribution in [0.5, 0.6) is 0 Å². The van der Waals surface area contributed by atoms with Gasteiger partial charge in [-0.05, 0) is 73.7 Å². The molecule has 5 rings (SSSR count). The second kappa shape index (κ2) is 12.7. The number of rotatable bonds is 11. The van der Waals surface area contributed by atoms with Gasteiger partial charge in [0.1, 0.15) is 11.9 Å². The highest BCUT2D eigenvalue weighted by Crippen LogP contribution is 2.48. The predicted molar refractivity (Wildman–Crippen MR) is 167 cm³/mol. The highest BCUT2D eigenvalue weighted by molar-refractivity contribution is 7.93. The summed E-state index contributed by atoms with van der Waals surface area (Å²) >= 11 is 12.6. The molecule has 1 N–H and O–H groups in total. The zero-order chi connectivity index (χ0) is 31.8. The Hall–Kier alpha value is -3.18. The van der Waals surface area contributed by atoms with Crippen molar-refractivity contribution < 1.29 is 32.2 Å². The number of carboxylic acid groups (broad SMARTS) is 1. The first-order chi connectivity index (χ1) is 20.9. The lowest BCUT2D eigenvalue weighted by Gasteiger charge is -2.52. The fraction of sp³-hybridized carbons (Fsp3) is 0.375. The molecular formula is C32H33Cl2FN2O6S. The van der Waals surface area contributed by atoms with E-state index in [1.165, 1.54) is 30.0 Å². The minimum Gasteiger partial charge on any atom is -0.481 e. The van der Waals surface area contributed by atoms with Crippen LogP contribution >= 0.6 is 23.2 Å². The number of benzene rings is 3. The monoisotopic (exact) mass is 662 g/mol. The van der Waals surface area contributed by atoms with Crippen LogP contribution < -0.4 is 4.31 Å². The van der Waals surface area contributed by atoms with E-state index < -0.39 is 63.2 Å². The van der Waals surface area contributed by atoms with Crippen LogP contribution in [-0.4, -0.2) is 53.7 Å². The van der Waals surface area contributed by atoms with E-state index in [1.54, 1.807) is 61.5 Å². The molecule has 0 aromatic heterocycles. The molecule has 1 saturated carbocycles. The summed E-state index contributed by atoms with van der Waals surface area (Å²) in [6, 6.07) is 17.7. The predicted octanol–water partition coefficient (Wildman–Crippen LogP) is 6.78. The molecule has 0 spiro atoms. The molecule has 2 aliphatic rings. The lowest BCUT2D eigenvalue weighted by Crippen LogP contribution is -2.62. The van der Waals surface area contributed by atoms with Crippen molar-refractivity contribution in [2.75, 3.05) is 10.8 Å². The summed E-state index contributed by atoms with van der Waals surface area (Å²) in [7, 11) is -3.98. The Morgan fingerprint density at radius 1 is 1.07 bits per heavy atom. The van der Waals surface area contributed by atoms with E-state index in [0.29, 0.717) is 34.0 Å². The summed E-state index contributed by atoms with van der Waals surface area (Å²) in [5.41, 5.74) is -0.696. The highest BCUT2D eigenvalue weighted by Gasteiger charge is 2.54. The molecule has 8 nitrogen and oxygen atoms in total. The van der Waals surface area contributed by atoms with Crippen molar-refractivity contribution in [2.45, 2.75) is 68.6 Å². The summed E-state index contributed by atoms with van der Waals surface area (Å²) in [6.07, 6.45) is -0.344. The van der Waals surface area contributed by atoms with Crippen molar-refractivity contribution in [2.24, 2.45) is 0 Å². The van der Waals surface area contributed by atoms with Gasteiger partial charge in [0.25, 0.3) is 5.91 Å². The molecule has 1 unspecified atom stereocenters. The Balaban J connectivity index is 1.69. The van der Waals surface area contributed by atoms with Crippen LogP contribution in [0, 0.1) is 5.82 Å². The number of hydrogen-bond acceptors (Lipinski definition) is 5. The molecule has 1 aliphatic heterocycles. The summed E-state index contributed by atoms with van der Waals surface area (Å²) < 4.78 is 50.2. The fourth-order valence-corrected chi connectivity index (χ4v) is 8.03. The van der Waals surface area contributed by atoms with Crippen molar-refractivity contribution in [3.63, 3.8) is 0 Å². The largest absolute Gasteiger partial charge is 0.481 e. The molecule has 44 heavy (non-hydrogen) atoms. The maximum atomic E-state index is 15.2. The Bertz CT molecular complexity index is 1650. The lowest BCUT2D eigenvalue weighted by molar-refractivity contribution is -0.206. The first-order valence-electron chi connectivity index (χ1n) is 14.3. The number of amides is 1. The molecule has 3 aromatic rings. The first kappa shape index (κ1) is 32.2. The van der Waals surface area contributed by atoms with E-state index in [-0.39, 0.29) is 18.7 Å². The van der Waals surface area contributed by atoms with Gasteiger partial charge in [-0.2, -0.15) is 0 Å². The number of carbonyl (C=O) groups is 2. The topological polar surface area (TPSA) is 104 Å². The zero-order valence-corrected chi connectivity index (χ0v) is 26.5. The minimum absolute atomic E-state index is 0.110. The molecule has 1 aliphatic carbocycles. The summed E-state index contributed by atoms with van der Waals surface area (Å²) in [5, 5.41) is 10.1. The third-order valence-electron chi connectivity index (χ3n) is 8.15. The number of anilines is 1. The number of morpholine rings is 1. The van der Waals surface area contributed by atoms with Crippen LogP contribution in [-0.2, 0) is 24.3 Å². The first-order valence-corrected chi connectivity index (χ1v) is 16.6. The smallest absolute Gasteiger partial charge is 0.306 e. The van der Waals surface area contributed by atoms with Gasteiger partial charge < -0.3 is 14.7 Å². The SMILES string of the molecule is CCC(CN(c1ccccc1F)S(=O)(=O)C1CC1)N1C(=O)[C@](C)(CC(=O)O)O[C@H](c2cccc(Cl)c2)[C@H]1c1ccc(Cl)cc1. The Labute approximate surface area is 266 Å². The summed E-state index contributed by atoms with van der Waals surface area (Å²) in [6.45, 7) is 2.98. The number of ether oxygens (including phenoxy) is 1. The normalized spacial score (nSPS) is 22.9. The quantitative estimate of drug-likeness (QED) is 0.243. The molecule has 1 saturated heterocycles. The van der Waals surface area contributed by atoms with Gasteiger partial charge in [0, 0.05) is 10.0 Å².